The lowest BCUT2D eigenvalue weighted by molar-refractivity contribution is -0.116. The Morgan fingerprint density at radius 1 is 1.20 bits per heavy atom. The molecule has 1 aliphatic rings. The Balaban J connectivity index is 1.47. The Morgan fingerprint density at radius 2 is 1.92 bits per heavy atom. The second-order valence-corrected chi connectivity index (χ2v) is 6.32. The SMILES string of the molecule is Cc1noc(CCC(=O)Nc2ccc(C(=O)NC3CCCC3)cc2)n1. The lowest BCUT2D eigenvalue weighted by Crippen LogP contribution is -2.32. The molecule has 1 aromatic carbocycles. The average molecular weight is 342 g/mol. The first-order valence-electron chi connectivity index (χ1n) is 8.60. The zero-order chi connectivity index (χ0) is 17.6. The van der Waals surface area contributed by atoms with Gasteiger partial charge >= 0.3 is 0 Å². The van der Waals surface area contributed by atoms with Crippen molar-refractivity contribution < 1.29 is 14.1 Å². The molecule has 0 unspecified atom stereocenters. The van der Waals surface area contributed by atoms with Crippen LogP contribution in [0.2, 0.25) is 0 Å². The van der Waals surface area contributed by atoms with Crippen LogP contribution in [0, 0.1) is 6.92 Å². The molecule has 3 rings (SSSR count). The second kappa shape index (κ2) is 7.92. The van der Waals surface area contributed by atoms with Crippen molar-refractivity contribution in [1.29, 1.82) is 0 Å². The molecule has 2 aromatic rings. The smallest absolute Gasteiger partial charge is 0.251 e. The van der Waals surface area contributed by atoms with Crippen molar-refractivity contribution in [2.75, 3.05) is 5.32 Å². The highest BCUT2D eigenvalue weighted by Crippen LogP contribution is 2.18. The number of hydrogen-bond donors (Lipinski definition) is 2. The van der Waals surface area contributed by atoms with Gasteiger partial charge in [0.15, 0.2) is 5.82 Å². The molecule has 0 aliphatic heterocycles. The summed E-state index contributed by atoms with van der Waals surface area (Å²) in [7, 11) is 0. The molecule has 2 N–H and O–H groups in total. The molecule has 1 saturated carbocycles. The Bertz CT molecular complexity index is 733. The Labute approximate surface area is 146 Å². The van der Waals surface area contributed by atoms with E-state index in [4.69, 9.17) is 4.52 Å². The summed E-state index contributed by atoms with van der Waals surface area (Å²) in [4.78, 5) is 28.2. The lowest BCUT2D eigenvalue weighted by Gasteiger charge is -2.12. The molecule has 0 radical (unpaired) electrons. The van der Waals surface area contributed by atoms with Crippen LogP contribution in [0.15, 0.2) is 28.8 Å². The highest BCUT2D eigenvalue weighted by atomic mass is 16.5. The largest absolute Gasteiger partial charge is 0.349 e. The van der Waals surface area contributed by atoms with Gasteiger partial charge in [0.05, 0.1) is 0 Å². The first kappa shape index (κ1) is 17.1. The molecule has 0 atom stereocenters. The summed E-state index contributed by atoms with van der Waals surface area (Å²) >= 11 is 0. The maximum Gasteiger partial charge on any atom is 0.251 e. The minimum absolute atomic E-state index is 0.0588. The van der Waals surface area contributed by atoms with Crippen molar-refractivity contribution in [3.8, 4) is 0 Å². The summed E-state index contributed by atoms with van der Waals surface area (Å²) in [6, 6.07) is 7.21. The number of anilines is 1. The van der Waals surface area contributed by atoms with Crippen LogP contribution >= 0.6 is 0 Å². The molecule has 1 aliphatic carbocycles. The predicted octanol–water partition coefficient (Wildman–Crippen LogP) is 2.62. The van der Waals surface area contributed by atoms with Crippen molar-refractivity contribution in [1.82, 2.24) is 15.5 Å². The molecule has 0 spiro atoms. The number of amides is 2. The number of nitrogens with zero attached hydrogens (tertiary/aromatic N) is 2. The van der Waals surface area contributed by atoms with Crippen molar-refractivity contribution in [3.05, 3.63) is 41.5 Å². The zero-order valence-corrected chi connectivity index (χ0v) is 14.2. The van der Waals surface area contributed by atoms with Gasteiger partial charge in [-0.1, -0.05) is 18.0 Å². The summed E-state index contributed by atoms with van der Waals surface area (Å²) in [5.41, 5.74) is 1.26. The third-order valence-electron chi connectivity index (χ3n) is 4.26. The van der Waals surface area contributed by atoms with Crippen molar-refractivity contribution >= 4 is 17.5 Å². The Morgan fingerprint density at radius 3 is 2.56 bits per heavy atom. The topological polar surface area (TPSA) is 97.1 Å². The molecule has 0 bridgehead atoms. The molecule has 0 saturated heterocycles. The predicted molar refractivity (Wildman–Crippen MR) is 92.1 cm³/mol. The van der Waals surface area contributed by atoms with Crippen LogP contribution in [0.4, 0.5) is 5.69 Å². The number of rotatable bonds is 6. The van der Waals surface area contributed by atoms with Crippen LogP contribution in [0.5, 0.6) is 0 Å². The number of carbonyl (C=O) groups excluding carboxylic acids is 2. The fraction of sp³-hybridized carbons (Fsp3) is 0.444. The second-order valence-electron chi connectivity index (χ2n) is 6.32. The molecule has 1 fully saturated rings. The highest BCUT2D eigenvalue weighted by molar-refractivity contribution is 5.96. The minimum Gasteiger partial charge on any atom is -0.349 e. The number of aromatic nitrogens is 2. The number of hydrogen-bond acceptors (Lipinski definition) is 5. The third-order valence-corrected chi connectivity index (χ3v) is 4.26. The van der Waals surface area contributed by atoms with Crippen molar-refractivity contribution in [2.24, 2.45) is 0 Å². The number of carbonyl (C=O) groups is 2. The fourth-order valence-electron chi connectivity index (χ4n) is 2.93. The molecule has 2 amide bonds. The molecule has 1 aromatic heterocycles. The van der Waals surface area contributed by atoms with E-state index in [0.29, 0.717) is 35.4 Å². The van der Waals surface area contributed by atoms with E-state index < -0.39 is 0 Å². The third kappa shape index (κ3) is 4.89. The summed E-state index contributed by atoms with van der Waals surface area (Å²) in [5.74, 6) is 0.809. The summed E-state index contributed by atoms with van der Waals surface area (Å²) in [6.45, 7) is 1.73. The lowest BCUT2D eigenvalue weighted by atomic mass is 10.1. The number of benzene rings is 1. The quantitative estimate of drug-likeness (QED) is 0.841. The van der Waals surface area contributed by atoms with Gasteiger partial charge in [-0.05, 0) is 44.0 Å². The van der Waals surface area contributed by atoms with Gasteiger partial charge in [0.2, 0.25) is 11.8 Å². The molecule has 7 nitrogen and oxygen atoms in total. The molecular formula is C18H22N4O3. The molecule has 7 heteroatoms. The fourth-order valence-corrected chi connectivity index (χ4v) is 2.93. The van der Waals surface area contributed by atoms with E-state index in [-0.39, 0.29) is 18.2 Å². The van der Waals surface area contributed by atoms with E-state index in [9.17, 15) is 9.59 Å². The van der Waals surface area contributed by atoms with Crippen LogP contribution in [0.25, 0.3) is 0 Å². The van der Waals surface area contributed by atoms with Crippen LogP contribution in [-0.2, 0) is 11.2 Å². The first-order chi connectivity index (χ1) is 12.1. The van der Waals surface area contributed by atoms with E-state index in [1.165, 1.54) is 12.8 Å². The minimum atomic E-state index is -0.140. The van der Waals surface area contributed by atoms with Crippen LogP contribution in [0.1, 0.15) is 54.2 Å². The van der Waals surface area contributed by atoms with E-state index in [1.807, 2.05) is 0 Å². The summed E-state index contributed by atoms with van der Waals surface area (Å²) in [6.07, 6.45) is 5.12. The summed E-state index contributed by atoms with van der Waals surface area (Å²) < 4.78 is 4.98. The normalized spacial score (nSPS) is 14.4. The standard InChI is InChI=1S/C18H22N4O3/c1-12-19-17(25-22-12)11-10-16(23)20-15-8-6-13(7-9-15)18(24)21-14-4-2-3-5-14/h6-9,14H,2-5,10-11H2,1H3,(H,20,23)(H,21,24). The molecule has 25 heavy (non-hydrogen) atoms. The van der Waals surface area contributed by atoms with Gasteiger partial charge < -0.3 is 15.2 Å². The maximum atomic E-state index is 12.2. The highest BCUT2D eigenvalue weighted by Gasteiger charge is 2.17. The average Bonchev–Trinajstić information content (AvgIpc) is 3.25. The Kier molecular flexibility index (Phi) is 5.42. The van der Waals surface area contributed by atoms with Gasteiger partial charge in [-0.2, -0.15) is 4.98 Å². The maximum absolute atomic E-state index is 12.2. The molecule has 132 valence electrons. The van der Waals surface area contributed by atoms with Gasteiger partial charge in [0, 0.05) is 30.1 Å². The zero-order valence-electron chi connectivity index (χ0n) is 14.2. The monoisotopic (exact) mass is 342 g/mol. The van der Waals surface area contributed by atoms with E-state index in [0.717, 1.165) is 12.8 Å². The van der Waals surface area contributed by atoms with Crippen LogP contribution in [-0.4, -0.2) is 28.0 Å². The van der Waals surface area contributed by atoms with Gasteiger partial charge in [-0.3, -0.25) is 9.59 Å². The van der Waals surface area contributed by atoms with Gasteiger partial charge in [0.1, 0.15) is 0 Å². The van der Waals surface area contributed by atoms with Crippen molar-refractivity contribution in [2.45, 2.75) is 51.5 Å². The first-order valence-corrected chi connectivity index (χ1v) is 8.60. The Hall–Kier alpha value is -2.70. The van der Waals surface area contributed by atoms with Crippen LogP contribution in [0.3, 0.4) is 0 Å². The van der Waals surface area contributed by atoms with E-state index in [1.54, 1.807) is 31.2 Å². The number of aryl methyl sites for hydroxylation is 2. The van der Waals surface area contributed by atoms with E-state index in [2.05, 4.69) is 20.8 Å². The van der Waals surface area contributed by atoms with Crippen molar-refractivity contribution in [3.63, 3.8) is 0 Å². The van der Waals surface area contributed by atoms with Gasteiger partial charge in [-0.15, -0.1) is 0 Å². The van der Waals surface area contributed by atoms with Crippen LogP contribution < -0.4 is 10.6 Å². The molecular weight excluding hydrogens is 320 g/mol. The van der Waals surface area contributed by atoms with Gasteiger partial charge in [0.25, 0.3) is 5.91 Å². The number of nitrogens with one attached hydrogen (secondary N) is 2. The van der Waals surface area contributed by atoms with Gasteiger partial charge in [-0.25, -0.2) is 0 Å². The molecule has 1 heterocycles. The van der Waals surface area contributed by atoms with E-state index >= 15 is 0 Å². The summed E-state index contributed by atoms with van der Waals surface area (Å²) in [5, 5.41) is 9.53.